The van der Waals surface area contributed by atoms with Crippen LogP contribution in [-0.4, -0.2) is 16.2 Å². The van der Waals surface area contributed by atoms with Crippen molar-refractivity contribution in [1.29, 1.82) is 0 Å². The van der Waals surface area contributed by atoms with Crippen molar-refractivity contribution in [2.24, 2.45) is 0 Å². The summed E-state index contributed by atoms with van der Waals surface area (Å²) >= 11 is 0. The zero-order chi connectivity index (χ0) is 9.68. The molecule has 0 aliphatic heterocycles. The van der Waals surface area contributed by atoms with Crippen molar-refractivity contribution >= 4 is 0 Å². The number of pyridine rings is 1. The molecule has 1 aromatic heterocycles. The summed E-state index contributed by atoms with van der Waals surface area (Å²) in [6.07, 6.45) is 6.14. The Morgan fingerprint density at radius 2 is 2.23 bits per heavy atom. The van der Waals surface area contributed by atoms with E-state index in [2.05, 4.69) is 11.1 Å². The topological polar surface area (TPSA) is 33.1 Å². The smallest absolute Gasteiger partial charge is 0.0540 e. The van der Waals surface area contributed by atoms with Gasteiger partial charge in [-0.1, -0.05) is 13.0 Å². The predicted molar refractivity (Wildman–Crippen MR) is 53.6 cm³/mol. The normalized spacial score (nSPS) is 12.8. The molecule has 0 bridgehead atoms. The molecule has 0 spiro atoms. The van der Waals surface area contributed by atoms with E-state index in [9.17, 15) is 5.11 Å². The van der Waals surface area contributed by atoms with Gasteiger partial charge >= 0.3 is 0 Å². The van der Waals surface area contributed by atoms with Gasteiger partial charge in [-0.2, -0.15) is 0 Å². The van der Waals surface area contributed by atoms with Crippen molar-refractivity contribution in [2.45, 2.75) is 39.2 Å². The molecular weight excluding hydrogens is 162 g/mol. The van der Waals surface area contributed by atoms with E-state index < -0.39 is 0 Å². The van der Waals surface area contributed by atoms with E-state index in [-0.39, 0.29) is 6.10 Å². The van der Waals surface area contributed by atoms with Crippen LogP contribution in [0, 0.1) is 6.92 Å². The van der Waals surface area contributed by atoms with Gasteiger partial charge in [-0.05, 0) is 37.3 Å². The van der Waals surface area contributed by atoms with Crippen LogP contribution in [0.4, 0.5) is 0 Å². The summed E-state index contributed by atoms with van der Waals surface area (Å²) in [6.45, 7) is 4.03. The minimum Gasteiger partial charge on any atom is -0.393 e. The number of rotatable bonds is 4. The predicted octanol–water partition coefficient (Wildman–Crippen LogP) is 2.09. The Hall–Kier alpha value is -0.890. The molecule has 1 unspecified atom stereocenters. The molecule has 1 atom stereocenters. The maximum Gasteiger partial charge on any atom is 0.0540 e. The SMILES string of the molecule is CCC(O)CCc1cncc(C)c1. The lowest BCUT2D eigenvalue weighted by Gasteiger charge is -2.06. The highest BCUT2D eigenvalue weighted by Crippen LogP contribution is 2.07. The second-order valence-corrected chi connectivity index (χ2v) is 3.47. The van der Waals surface area contributed by atoms with Gasteiger partial charge in [0.1, 0.15) is 0 Å². The Balaban J connectivity index is 2.45. The van der Waals surface area contributed by atoms with Gasteiger partial charge in [0.2, 0.25) is 0 Å². The average molecular weight is 179 g/mol. The van der Waals surface area contributed by atoms with Crippen LogP contribution in [-0.2, 0) is 6.42 Å². The number of nitrogens with zero attached hydrogens (tertiary/aromatic N) is 1. The first-order valence-electron chi connectivity index (χ1n) is 4.81. The van der Waals surface area contributed by atoms with Crippen molar-refractivity contribution in [3.63, 3.8) is 0 Å². The molecule has 0 saturated heterocycles. The summed E-state index contributed by atoms with van der Waals surface area (Å²) < 4.78 is 0. The molecule has 2 nitrogen and oxygen atoms in total. The minimum absolute atomic E-state index is 0.166. The van der Waals surface area contributed by atoms with Crippen molar-refractivity contribution in [1.82, 2.24) is 4.98 Å². The third-order valence-corrected chi connectivity index (χ3v) is 2.17. The lowest BCUT2D eigenvalue weighted by atomic mass is 10.1. The number of aliphatic hydroxyl groups is 1. The zero-order valence-corrected chi connectivity index (χ0v) is 8.33. The molecule has 2 heteroatoms. The third-order valence-electron chi connectivity index (χ3n) is 2.17. The second-order valence-electron chi connectivity index (χ2n) is 3.47. The monoisotopic (exact) mass is 179 g/mol. The average Bonchev–Trinajstić information content (AvgIpc) is 2.14. The summed E-state index contributed by atoms with van der Waals surface area (Å²) in [6, 6.07) is 2.12. The number of aryl methyl sites for hydroxylation is 2. The maximum atomic E-state index is 9.37. The standard InChI is InChI=1S/C11H17NO/c1-3-11(13)5-4-10-6-9(2)7-12-8-10/h6-8,11,13H,3-5H2,1-2H3. The first kappa shape index (κ1) is 10.2. The van der Waals surface area contributed by atoms with Crippen molar-refractivity contribution < 1.29 is 5.11 Å². The molecule has 13 heavy (non-hydrogen) atoms. The molecule has 0 amide bonds. The van der Waals surface area contributed by atoms with Crippen LogP contribution >= 0.6 is 0 Å². The molecule has 1 rings (SSSR count). The van der Waals surface area contributed by atoms with Gasteiger partial charge in [0, 0.05) is 12.4 Å². The van der Waals surface area contributed by atoms with Crippen molar-refractivity contribution in [3.8, 4) is 0 Å². The van der Waals surface area contributed by atoms with E-state index in [0.29, 0.717) is 0 Å². The van der Waals surface area contributed by atoms with Crippen LogP contribution in [0.1, 0.15) is 30.9 Å². The lowest BCUT2D eigenvalue weighted by molar-refractivity contribution is 0.160. The third kappa shape index (κ3) is 3.55. The first-order chi connectivity index (χ1) is 6.22. The Bertz CT molecular complexity index is 260. The number of hydrogen-bond acceptors (Lipinski definition) is 2. The summed E-state index contributed by atoms with van der Waals surface area (Å²) in [5, 5.41) is 9.37. The molecule has 0 fully saturated rings. The van der Waals surface area contributed by atoms with Crippen LogP contribution in [0.2, 0.25) is 0 Å². The van der Waals surface area contributed by atoms with Crippen LogP contribution in [0.25, 0.3) is 0 Å². The highest BCUT2D eigenvalue weighted by molar-refractivity contribution is 5.16. The fourth-order valence-electron chi connectivity index (χ4n) is 1.29. The van der Waals surface area contributed by atoms with E-state index in [1.54, 1.807) is 0 Å². The van der Waals surface area contributed by atoms with Gasteiger partial charge < -0.3 is 5.11 Å². The Morgan fingerprint density at radius 3 is 2.85 bits per heavy atom. The number of aromatic nitrogens is 1. The molecular formula is C11H17NO. The van der Waals surface area contributed by atoms with Crippen LogP contribution in [0.5, 0.6) is 0 Å². The summed E-state index contributed by atoms with van der Waals surface area (Å²) in [7, 11) is 0. The summed E-state index contributed by atoms with van der Waals surface area (Å²) in [5.74, 6) is 0. The van der Waals surface area contributed by atoms with Crippen LogP contribution < -0.4 is 0 Å². The van der Waals surface area contributed by atoms with Crippen LogP contribution in [0.15, 0.2) is 18.5 Å². The molecule has 0 aromatic carbocycles. The summed E-state index contributed by atoms with van der Waals surface area (Å²) in [4.78, 5) is 4.11. The number of hydrogen-bond donors (Lipinski definition) is 1. The largest absolute Gasteiger partial charge is 0.393 e. The zero-order valence-electron chi connectivity index (χ0n) is 8.33. The van der Waals surface area contributed by atoms with Gasteiger partial charge in [0.05, 0.1) is 6.10 Å². The fraction of sp³-hybridized carbons (Fsp3) is 0.545. The Kier molecular flexibility index (Phi) is 3.90. The lowest BCUT2D eigenvalue weighted by Crippen LogP contribution is -2.05. The molecule has 0 aliphatic carbocycles. The number of aliphatic hydroxyl groups excluding tert-OH is 1. The van der Waals surface area contributed by atoms with E-state index >= 15 is 0 Å². The fourth-order valence-corrected chi connectivity index (χ4v) is 1.29. The van der Waals surface area contributed by atoms with Crippen LogP contribution in [0.3, 0.4) is 0 Å². The molecule has 0 radical (unpaired) electrons. The van der Waals surface area contributed by atoms with E-state index in [1.165, 1.54) is 11.1 Å². The Labute approximate surface area is 79.6 Å². The molecule has 0 saturated carbocycles. The van der Waals surface area contributed by atoms with E-state index in [0.717, 1.165) is 19.3 Å². The molecule has 72 valence electrons. The van der Waals surface area contributed by atoms with Gasteiger partial charge in [0.15, 0.2) is 0 Å². The maximum absolute atomic E-state index is 9.37. The molecule has 1 aromatic rings. The van der Waals surface area contributed by atoms with Gasteiger partial charge in [0.25, 0.3) is 0 Å². The van der Waals surface area contributed by atoms with Gasteiger partial charge in [-0.15, -0.1) is 0 Å². The Morgan fingerprint density at radius 1 is 1.46 bits per heavy atom. The second kappa shape index (κ2) is 4.97. The van der Waals surface area contributed by atoms with Gasteiger partial charge in [-0.25, -0.2) is 0 Å². The van der Waals surface area contributed by atoms with E-state index in [1.807, 2.05) is 26.2 Å². The quantitative estimate of drug-likeness (QED) is 0.767. The first-order valence-corrected chi connectivity index (χ1v) is 4.81. The van der Waals surface area contributed by atoms with Gasteiger partial charge in [-0.3, -0.25) is 4.98 Å². The van der Waals surface area contributed by atoms with Crippen molar-refractivity contribution in [3.05, 3.63) is 29.6 Å². The molecule has 1 N–H and O–H groups in total. The molecule has 1 heterocycles. The summed E-state index contributed by atoms with van der Waals surface area (Å²) in [5.41, 5.74) is 2.40. The minimum atomic E-state index is -0.166. The highest BCUT2D eigenvalue weighted by Gasteiger charge is 2.01. The van der Waals surface area contributed by atoms with E-state index in [4.69, 9.17) is 0 Å². The highest BCUT2D eigenvalue weighted by atomic mass is 16.3. The van der Waals surface area contributed by atoms with Crippen molar-refractivity contribution in [2.75, 3.05) is 0 Å². The molecule has 0 aliphatic rings.